The number of amides is 2. The van der Waals surface area contributed by atoms with Crippen molar-refractivity contribution in [2.24, 2.45) is 9.98 Å². The molecule has 9 nitrogen and oxygen atoms in total. The van der Waals surface area contributed by atoms with E-state index in [2.05, 4.69) is 31.3 Å². The van der Waals surface area contributed by atoms with Crippen molar-refractivity contribution in [2.75, 3.05) is 43.9 Å². The van der Waals surface area contributed by atoms with Crippen LogP contribution in [0.3, 0.4) is 0 Å². The zero-order valence-corrected chi connectivity index (χ0v) is 19.8. The highest BCUT2D eigenvalue weighted by Gasteiger charge is 2.17. The topological polar surface area (TPSA) is 116 Å². The fraction of sp³-hybridized carbons (Fsp3) is 0.185. The van der Waals surface area contributed by atoms with E-state index in [1.54, 1.807) is 12.1 Å². The van der Waals surface area contributed by atoms with Crippen LogP contribution in [0, 0.1) is 0 Å². The summed E-state index contributed by atoms with van der Waals surface area (Å²) in [5, 5.41) is 12.2. The molecule has 0 aromatic heterocycles. The van der Waals surface area contributed by atoms with Crippen LogP contribution in [-0.4, -0.2) is 56.8 Å². The minimum absolute atomic E-state index is 0.261. The molecule has 0 saturated carbocycles. The standard InChI is InChI=1S/C27H26N6O3/c1-36-23-11-6-19(26(34)32-20-7-2-17(3-8-20)24-28-12-13-29-24)16-22(23)27(35)33-21-9-4-18(5-10-21)25-30-14-15-31-25/h2-11,16H,12-15H2,1H3,(H,28,29)(H,30,31)(H,32,34)(H,33,35). The molecule has 2 aliphatic rings. The van der Waals surface area contributed by atoms with Crippen LogP contribution in [-0.2, 0) is 0 Å². The van der Waals surface area contributed by atoms with Crippen LogP contribution in [0.1, 0.15) is 31.8 Å². The monoisotopic (exact) mass is 482 g/mol. The van der Waals surface area contributed by atoms with Crippen LogP contribution in [0.15, 0.2) is 76.7 Å². The van der Waals surface area contributed by atoms with Gasteiger partial charge in [0.05, 0.1) is 25.8 Å². The van der Waals surface area contributed by atoms with Crippen molar-refractivity contribution >= 4 is 34.9 Å². The lowest BCUT2D eigenvalue weighted by Crippen LogP contribution is -2.20. The Labute approximate surface area is 208 Å². The second kappa shape index (κ2) is 10.3. The van der Waals surface area contributed by atoms with Gasteiger partial charge in [0.15, 0.2) is 0 Å². The maximum absolute atomic E-state index is 13.1. The second-order valence-electron chi connectivity index (χ2n) is 8.29. The number of anilines is 2. The summed E-state index contributed by atoms with van der Waals surface area (Å²) in [7, 11) is 1.49. The van der Waals surface area contributed by atoms with Gasteiger partial charge >= 0.3 is 0 Å². The molecular weight excluding hydrogens is 456 g/mol. The van der Waals surface area contributed by atoms with Crippen molar-refractivity contribution in [3.8, 4) is 5.75 Å². The Kier molecular flexibility index (Phi) is 6.61. The molecule has 2 amide bonds. The molecule has 0 atom stereocenters. The first kappa shape index (κ1) is 23.1. The maximum atomic E-state index is 13.1. The summed E-state index contributed by atoms with van der Waals surface area (Å²) < 4.78 is 5.37. The minimum atomic E-state index is -0.375. The summed E-state index contributed by atoms with van der Waals surface area (Å²) in [6.07, 6.45) is 0. The van der Waals surface area contributed by atoms with Gasteiger partial charge in [0.2, 0.25) is 0 Å². The highest BCUT2D eigenvalue weighted by atomic mass is 16.5. The largest absolute Gasteiger partial charge is 0.496 e. The Bertz CT molecular complexity index is 1350. The third-order valence-corrected chi connectivity index (χ3v) is 5.89. The lowest BCUT2D eigenvalue weighted by atomic mass is 10.1. The fourth-order valence-corrected chi connectivity index (χ4v) is 4.03. The molecule has 5 rings (SSSR count). The number of rotatable bonds is 7. The number of amidine groups is 2. The highest BCUT2D eigenvalue weighted by molar-refractivity contribution is 6.10. The lowest BCUT2D eigenvalue weighted by molar-refractivity contribution is 0.102. The van der Waals surface area contributed by atoms with E-state index >= 15 is 0 Å². The summed E-state index contributed by atoms with van der Waals surface area (Å²) >= 11 is 0. The van der Waals surface area contributed by atoms with E-state index in [1.165, 1.54) is 13.2 Å². The van der Waals surface area contributed by atoms with Gasteiger partial charge in [0.1, 0.15) is 17.4 Å². The van der Waals surface area contributed by atoms with Crippen LogP contribution in [0.25, 0.3) is 0 Å². The normalized spacial score (nSPS) is 14.2. The summed E-state index contributed by atoms with van der Waals surface area (Å²) in [4.78, 5) is 34.8. The SMILES string of the molecule is COc1ccc(C(=O)Nc2ccc(C3=NCCN3)cc2)cc1C(=O)Nc1ccc(C2=NCCN2)cc1. The third kappa shape index (κ3) is 5.05. The summed E-state index contributed by atoms with van der Waals surface area (Å²) in [6, 6.07) is 19.6. The van der Waals surface area contributed by atoms with E-state index in [0.717, 1.165) is 49.0 Å². The molecule has 0 bridgehead atoms. The molecule has 3 aromatic rings. The summed E-state index contributed by atoms with van der Waals surface area (Å²) in [5.41, 5.74) is 3.80. The van der Waals surface area contributed by atoms with Crippen LogP contribution >= 0.6 is 0 Å². The molecule has 0 aliphatic carbocycles. The number of nitrogens with one attached hydrogen (secondary N) is 4. The number of ether oxygens (including phenoxy) is 1. The first-order valence-corrected chi connectivity index (χ1v) is 11.7. The highest BCUT2D eigenvalue weighted by Crippen LogP contribution is 2.23. The first-order chi connectivity index (χ1) is 17.6. The van der Waals surface area contributed by atoms with Gasteiger partial charge in [0.25, 0.3) is 11.8 Å². The predicted octanol–water partition coefficient (Wildman–Crippen LogP) is 2.90. The first-order valence-electron chi connectivity index (χ1n) is 11.7. The fourth-order valence-electron chi connectivity index (χ4n) is 4.03. The van der Waals surface area contributed by atoms with Crippen molar-refractivity contribution in [1.29, 1.82) is 0 Å². The van der Waals surface area contributed by atoms with E-state index in [9.17, 15) is 9.59 Å². The molecule has 182 valence electrons. The second-order valence-corrected chi connectivity index (χ2v) is 8.29. The average Bonchev–Trinajstić information content (AvgIpc) is 3.64. The van der Waals surface area contributed by atoms with E-state index in [1.807, 2.05) is 48.5 Å². The molecule has 3 aromatic carbocycles. The van der Waals surface area contributed by atoms with E-state index in [4.69, 9.17) is 4.74 Å². The molecule has 2 aliphatic heterocycles. The third-order valence-electron chi connectivity index (χ3n) is 5.89. The Morgan fingerprint density at radius 3 is 1.75 bits per heavy atom. The molecular formula is C27H26N6O3. The molecule has 0 saturated heterocycles. The Hall–Kier alpha value is -4.66. The molecule has 9 heteroatoms. The number of hydrogen-bond acceptors (Lipinski definition) is 7. The molecule has 0 radical (unpaired) electrons. The zero-order chi connectivity index (χ0) is 24.9. The Morgan fingerprint density at radius 1 is 0.750 bits per heavy atom. The van der Waals surface area contributed by atoms with Gasteiger partial charge in [-0.25, -0.2) is 0 Å². The maximum Gasteiger partial charge on any atom is 0.259 e. The number of aliphatic imine (C=N–C) groups is 2. The van der Waals surface area contributed by atoms with Crippen molar-refractivity contribution in [3.05, 3.63) is 89.0 Å². The summed E-state index contributed by atoms with van der Waals surface area (Å²) in [6.45, 7) is 3.19. The Morgan fingerprint density at radius 2 is 1.28 bits per heavy atom. The smallest absolute Gasteiger partial charge is 0.259 e. The number of benzene rings is 3. The van der Waals surface area contributed by atoms with Gasteiger partial charge in [-0.05, 0) is 66.7 Å². The van der Waals surface area contributed by atoms with Gasteiger partial charge in [-0.15, -0.1) is 0 Å². The number of hydrogen-bond donors (Lipinski definition) is 4. The van der Waals surface area contributed by atoms with Gasteiger partial charge in [-0.3, -0.25) is 19.6 Å². The number of carbonyl (C=O) groups is 2. The molecule has 4 N–H and O–H groups in total. The van der Waals surface area contributed by atoms with Gasteiger partial charge in [-0.2, -0.15) is 0 Å². The van der Waals surface area contributed by atoms with Crippen LogP contribution < -0.4 is 26.0 Å². The molecule has 2 heterocycles. The van der Waals surface area contributed by atoms with Gasteiger partial charge in [-0.1, -0.05) is 0 Å². The van der Waals surface area contributed by atoms with Crippen LogP contribution in [0.5, 0.6) is 5.75 Å². The van der Waals surface area contributed by atoms with E-state index in [0.29, 0.717) is 22.7 Å². The van der Waals surface area contributed by atoms with Crippen molar-refractivity contribution in [1.82, 2.24) is 10.6 Å². The Balaban J connectivity index is 1.28. The molecule has 0 fully saturated rings. The average molecular weight is 483 g/mol. The number of methoxy groups -OCH3 is 1. The summed E-state index contributed by atoms with van der Waals surface area (Å²) in [5.74, 6) is 1.38. The van der Waals surface area contributed by atoms with Crippen LogP contribution in [0.2, 0.25) is 0 Å². The quantitative estimate of drug-likeness (QED) is 0.413. The molecule has 0 spiro atoms. The molecule has 36 heavy (non-hydrogen) atoms. The van der Waals surface area contributed by atoms with Crippen molar-refractivity contribution in [3.63, 3.8) is 0 Å². The minimum Gasteiger partial charge on any atom is -0.496 e. The van der Waals surface area contributed by atoms with Gasteiger partial charge < -0.3 is 26.0 Å². The lowest BCUT2D eigenvalue weighted by Gasteiger charge is -2.12. The molecule has 0 unspecified atom stereocenters. The predicted molar refractivity (Wildman–Crippen MR) is 141 cm³/mol. The zero-order valence-electron chi connectivity index (χ0n) is 19.8. The number of carbonyl (C=O) groups excluding carboxylic acids is 2. The van der Waals surface area contributed by atoms with E-state index in [-0.39, 0.29) is 17.4 Å². The van der Waals surface area contributed by atoms with Gasteiger partial charge in [0, 0.05) is 41.2 Å². The number of nitrogens with zero attached hydrogens (tertiary/aromatic N) is 2. The van der Waals surface area contributed by atoms with E-state index < -0.39 is 0 Å². The van der Waals surface area contributed by atoms with Crippen molar-refractivity contribution in [2.45, 2.75) is 0 Å². The van der Waals surface area contributed by atoms with Crippen LogP contribution in [0.4, 0.5) is 11.4 Å². The van der Waals surface area contributed by atoms with Crippen molar-refractivity contribution < 1.29 is 14.3 Å².